The van der Waals surface area contributed by atoms with Crippen molar-refractivity contribution >= 4 is 25.2 Å². The Bertz CT molecular complexity index is 897. The number of anilines is 3. The number of nitrogens with two attached hydrogens (primary N) is 1. The first-order chi connectivity index (χ1) is 18.8. The van der Waals surface area contributed by atoms with E-state index in [1.807, 2.05) is 6.07 Å². The molecular weight excluding hydrogens is 515 g/mol. The second-order valence-corrected chi connectivity index (χ2v) is 13.5. The highest BCUT2D eigenvalue weighted by Gasteiger charge is 2.23. The van der Waals surface area contributed by atoms with Gasteiger partial charge in [0.1, 0.15) is 11.6 Å². The Balaban J connectivity index is 1.11. The Kier molecular flexibility index (Phi) is 12.1. The van der Waals surface area contributed by atoms with Crippen LogP contribution < -0.4 is 26.6 Å². The van der Waals surface area contributed by atoms with Crippen LogP contribution in [0.3, 0.4) is 0 Å². The van der Waals surface area contributed by atoms with Gasteiger partial charge in [-0.25, -0.2) is 0 Å². The maximum atomic E-state index is 11.1. The highest BCUT2D eigenvalue weighted by molar-refractivity contribution is 7.51. The molecule has 12 heteroatoms. The first kappa shape index (κ1) is 30.5. The SMILES string of the molecule is Nc1cc(N2CCN(CCCP(=O)(O)O)CC2)nc(N[C@H]2CC[C@H](CNCCCNC3CCCCC3)CC2)n1. The van der Waals surface area contributed by atoms with Gasteiger partial charge in [0.25, 0.3) is 0 Å². The van der Waals surface area contributed by atoms with Gasteiger partial charge in [0, 0.05) is 44.3 Å². The maximum absolute atomic E-state index is 11.1. The van der Waals surface area contributed by atoms with Gasteiger partial charge in [0.15, 0.2) is 0 Å². The summed E-state index contributed by atoms with van der Waals surface area (Å²) in [5.74, 6) is 2.67. The summed E-state index contributed by atoms with van der Waals surface area (Å²) in [6.07, 6.45) is 13.2. The van der Waals surface area contributed by atoms with Gasteiger partial charge >= 0.3 is 7.60 Å². The summed E-state index contributed by atoms with van der Waals surface area (Å²) in [6, 6.07) is 2.97. The van der Waals surface area contributed by atoms with Crippen molar-refractivity contribution in [2.24, 2.45) is 5.92 Å². The van der Waals surface area contributed by atoms with Crippen LogP contribution in [0.1, 0.15) is 70.6 Å². The number of nitrogens with zero attached hydrogens (tertiary/aromatic N) is 4. The van der Waals surface area contributed by atoms with Crippen LogP contribution in [0, 0.1) is 5.92 Å². The van der Waals surface area contributed by atoms with Crippen molar-refractivity contribution in [2.45, 2.75) is 82.7 Å². The first-order valence-electron chi connectivity index (χ1n) is 15.2. The summed E-state index contributed by atoms with van der Waals surface area (Å²) in [7, 11) is -3.92. The molecule has 2 saturated carbocycles. The quantitative estimate of drug-likeness (QED) is 0.146. The molecule has 3 fully saturated rings. The zero-order valence-electron chi connectivity index (χ0n) is 23.6. The third-order valence-corrected chi connectivity index (χ3v) is 9.43. The van der Waals surface area contributed by atoms with E-state index in [0.29, 0.717) is 30.8 Å². The molecule has 0 aromatic carbocycles. The Hall–Kier alpha value is -1.49. The number of nitrogen functional groups attached to an aromatic ring is 1. The number of piperazine rings is 1. The van der Waals surface area contributed by atoms with E-state index in [1.54, 1.807) is 0 Å². The van der Waals surface area contributed by atoms with Crippen LogP contribution in [0.25, 0.3) is 0 Å². The molecule has 39 heavy (non-hydrogen) atoms. The largest absolute Gasteiger partial charge is 0.383 e. The van der Waals surface area contributed by atoms with E-state index in [9.17, 15) is 4.57 Å². The first-order valence-corrected chi connectivity index (χ1v) is 17.0. The Morgan fingerprint density at radius 1 is 0.923 bits per heavy atom. The second-order valence-electron chi connectivity index (χ2n) is 11.8. The molecule has 7 N–H and O–H groups in total. The van der Waals surface area contributed by atoms with Crippen LogP contribution >= 0.6 is 7.60 Å². The Labute approximate surface area is 234 Å². The minimum Gasteiger partial charge on any atom is -0.383 e. The van der Waals surface area contributed by atoms with Crippen molar-refractivity contribution in [1.29, 1.82) is 0 Å². The zero-order chi connectivity index (χ0) is 27.5. The van der Waals surface area contributed by atoms with Gasteiger partial charge in [0.2, 0.25) is 5.95 Å². The zero-order valence-corrected chi connectivity index (χ0v) is 24.5. The molecule has 1 aromatic rings. The lowest BCUT2D eigenvalue weighted by Gasteiger charge is -2.35. The summed E-state index contributed by atoms with van der Waals surface area (Å²) in [5.41, 5.74) is 6.14. The molecule has 4 rings (SSSR count). The fourth-order valence-corrected chi connectivity index (χ4v) is 6.76. The molecule has 1 saturated heterocycles. The van der Waals surface area contributed by atoms with Crippen LogP contribution in [-0.2, 0) is 4.57 Å². The lowest BCUT2D eigenvalue weighted by molar-refractivity contribution is 0.256. The van der Waals surface area contributed by atoms with Crippen LogP contribution in [0.2, 0.25) is 0 Å². The molecule has 222 valence electrons. The van der Waals surface area contributed by atoms with Gasteiger partial charge < -0.3 is 36.4 Å². The molecule has 0 atom stereocenters. The maximum Gasteiger partial charge on any atom is 0.325 e. The molecular formula is C27H51N8O3P. The van der Waals surface area contributed by atoms with Gasteiger partial charge in [0.05, 0.1) is 6.16 Å². The van der Waals surface area contributed by atoms with E-state index < -0.39 is 7.60 Å². The van der Waals surface area contributed by atoms with Crippen molar-refractivity contribution in [3.05, 3.63) is 6.07 Å². The van der Waals surface area contributed by atoms with Crippen molar-refractivity contribution in [3.63, 3.8) is 0 Å². The highest BCUT2D eigenvalue weighted by Crippen LogP contribution is 2.35. The van der Waals surface area contributed by atoms with E-state index in [-0.39, 0.29) is 6.16 Å². The molecule has 1 aromatic heterocycles. The van der Waals surface area contributed by atoms with Gasteiger partial charge in [-0.3, -0.25) is 9.46 Å². The van der Waals surface area contributed by atoms with Crippen molar-refractivity contribution in [3.8, 4) is 0 Å². The average Bonchev–Trinajstić information content (AvgIpc) is 2.91. The summed E-state index contributed by atoms with van der Waals surface area (Å²) >= 11 is 0. The normalized spacial score (nSPS) is 23.7. The summed E-state index contributed by atoms with van der Waals surface area (Å²) in [5, 5.41) is 11.0. The highest BCUT2D eigenvalue weighted by atomic mass is 31.2. The van der Waals surface area contributed by atoms with E-state index in [1.165, 1.54) is 51.4 Å². The topological polar surface area (TPSA) is 152 Å². The molecule has 0 bridgehead atoms. The molecule has 0 unspecified atom stereocenters. The minimum atomic E-state index is -3.92. The lowest BCUT2D eigenvalue weighted by atomic mass is 9.86. The van der Waals surface area contributed by atoms with Crippen LogP contribution in [0.4, 0.5) is 17.6 Å². The predicted molar refractivity (Wildman–Crippen MR) is 158 cm³/mol. The number of rotatable bonds is 14. The molecule has 11 nitrogen and oxygen atoms in total. The Morgan fingerprint density at radius 3 is 2.38 bits per heavy atom. The minimum absolute atomic E-state index is 0.0544. The molecule has 0 amide bonds. The van der Waals surface area contributed by atoms with Gasteiger partial charge in [-0.15, -0.1) is 0 Å². The van der Waals surface area contributed by atoms with E-state index >= 15 is 0 Å². The fraction of sp³-hybridized carbons (Fsp3) is 0.852. The molecule has 2 heterocycles. The number of hydrogen-bond donors (Lipinski definition) is 6. The third-order valence-electron chi connectivity index (χ3n) is 8.53. The van der Waals surface area contributed by atoms with E-state index in [0.717, 1.165) is 76.4 Å². The molecule has 0 spiro atoms. The third kappa shape index (κ3) is 11.1. The molecule has 0 radical (unpaired) electrons. The fourth-order valence-electron chi connectivity index (χ4n) is 6.21. The van der Waals surface area contributed by atoms with Crippen molar-refractivity contribution < 1.29 is 14.4 Å². The van der Waals surface area contributed by atoms with Crippen LogP contribution in [0.5, 0.6) is 0 Å². The number of hydrogen-bond acceptors (Lipinski definition) is 9. The smallest absolute Gasteiger partial charge is 0.325 e. The summed E-state index contributed by atoms with van der Waals surface area (Å²) in [6.45, 7) is 7.33. The van der Waals surface area contributed by atoms with Gasteiger partial charge in [-0.05, 0) is 83.5 Å². The van der Waals surface area contributed by atoms with Crippen molar-refractivity contribution in [1.82, 2.24) is 25.5 Å². The summed E-state index contributed by atoms with van der Waals surface area (Å²) in [4.78, 5) is 31.8. The van der Waals surface area contributed by atoms with E-state index in [2.05, 4.69) is 30.7 Å². The van der Waals surface area contributed by atoms with Crippen LogP contribution in [0.15, 0.2) is 6.07 Å². The van der Waals surface area contributed by atoms with Crippen molar-refractivity contribution in [2.75, 3.05) is 74.5 Å². The monoisotopic (exact) mass is 566 g/mol. The molecule has 1 aliphatic heterocycles. The van der Waals surface area contributed by atoms with Gasteiger partial charge in [-0.1, -0.05) is 19.3 Å². The molecule has 3 aliphatic rings. The molecule has 2 aliphatic carbocycles. The number of nitrogens with one attached hydrogen (secondary N) is 3. The van der Waals surface area contributed by atoms with E-state index in [4.69, 9.17) is 20.5 Å². The average molecular weight is 567 g/mol. The van der Waals surface area contributed by atoms with Crippen LogP contribution in [-0.4, -0.2) is 95.3 Å². The Morgan fingerprint density at radius 2 is 1.67 bits per heavy atom. The second kappa shape index (κ2) is 15.5. The lowest BCUT2D eigenvalue weighted by Crippen LogP contribution is -2.47. The number of aromatic nitrogens is 2. The van der Waals surface area contributed by atoms with Gasteiger partial charge in [-0.2, -0.15) is 9.97 Å². The summed E-state index contributed by atoms with van der Waals surface area (Å²) < 4.78 is 11.1. The standard InChI is InChI=1S/C27H51N8O3P/c28-25-20-26(35-17-15-34(16-18-35)14-5-19-39(36,37)38)33-27(32-25)31-24-10-8-22(9-11-24)21-29-12-4-13-30-23-6-2-1-3-7-23/h20,22-24,29-30H,1-19,21H2,(H2,36,37,38)(H3,28,31,32,33)/t22-,24-. The predicted octanol–water partition coefficient (Wildman–Crippen LogP) is 2.62.